The van der Waals surface area contributed by atoms with E-state index >= 15 is 0 Å². The Hall–Kier alpha value is -1.26. The lowest BCUT2D eigenvalue weighted by Crippen LogP contribution is -1.88. The van der Waals surface area contributed by atoms with E-state index in [0.717, 1.165) is 16.3 Å². The normalized spacial score (nSPS) is 10.3. The van der Waals surface area contributed by atoms with Crippen molar-refractivity contribution in [1.82, 2.24) is 9.97 Å². The molecule has 0 spiro atoms. The zero-order valence-corrected chi connectivity index (χ0v) is 10.0. The molecule has 0 unspecified atom stereocenters. The zero-order valence-electron chi connectivity index (χ0n) is 8.43. The largest absolute Gasteiger partial charge is 0.398 e. The quantitative estimate of drug-likeness (QED) is 0.673. The van der Waals surface area contributed by atoms with Crippen molar-refractivity contribution in [1.29, 1.82) is 0 Å². The van der Waals surface area contributed by atoms with Crippen molar-refractivity contribution in [2.45, 2.75) is 10.6 Å². The molecule has 0 radical (unpaired) electrons. The molecule has 0 amide bonds. The number of hydrogen-bond acceptors (Lipinski definition) is 4. The molecule has 1 aromatic carbocycles. The van der Waals surface area contributed by atoms with Gasteiger partial charge in [-0.1, -0.05) is 11.6 Å². The van der Waals surface area contributed by atoms with Crippen LogP contribution in [0.2, 0.25) is 5.02 Å². The van der Waals surface area contributed by atoms with Gasteiger partial charge in [0.15, 0.2) is 0 Å². The highest BCUT2D eigenvalue weighted by atomic mass is 35.5. The van der Waals surface area contributed by atoms with Crippen LogP contribution in [-0.4, -0.2) is 9.97 Å². The van der Waals surface area contributed by atoms with Crippen molar-refractivity contribution < 1.29 is 0 Å². The van der Waals surface area contributed by atoms with Gasteiger partial charge in [0.05, 0.1) is 16.4 Å². The number of nitrogens with zero attached hydrogens (tertiary/aromatic N) is 2. The van der Waals surface area contributed by atoms with Crippen LogP contribution in [0.25, 0.3) is 0 Å². The molecule has 0 saturated heterocycles. The molecule has 0 aliphatic heterocycles. The highest BCUT2D eigenvalue weighted by molar-refractivity contribution is 7.98. The van der Waals surface area contributed by atoms with Gasteiger partial charge in [0, 0.05) is 29.2 Å². The highest BCUT2D eigenvalue weighted by Gasteiger charge is 2.00. The van der Waals surface area contributed by atoms with Crippen LogP contribution in [0.1, 0.15) is 5.69 Å². The van der Waals surface area contributed by atoms with Crippen molar-refractivity contribution >= 4 is 29.1 Å². The Bertz CT molecular complexity index is 476. The molecule has 3 nitrogen and oxygen atoms in total. The molecule has 1 aromatic heterocycles. The lowest BCUT2D eigenvalue weighted by Gasteiger charge is -2.03. The molecule has 2 rings (SSSR count). The predicted octanol–water partition coefficient (Wildman–Crippen LogP) is 3.00. The maximum atomic E-state index is 5.93. The Kier molecular flexibility index (Phi) is 3.64. The molecule has 0 aliphatic carbocycles. The summed E-state index contributed by atoms with van der Waals surface area (Å²) in [6.45, 7) is 0. The molecule has 16 heavy (non-hydrogen) atoms. The summed E-state index contributed by atoms with van der Waals surface area (Å²) < 4.78 is 0. The third-order valence-electron chi connectivity index (χ3n) is 1.98. The Labute approximate surface area is 103 Å². The Morgan fingerprint density at radius 2 is 2.19 bits per heavy atom. The van der Waals surface area contributed by atoms with Crippen LogP contribution in [-0.2, 0) is 5.75 Å². The first-order valence-electron chi connectivity index (χ1n) is 4.68. The number of benzene rings is 1. The lowest BCUT2D eigenvalue weighted by molar-refractivity contribution is 1.10. The van der Waals surface area contributed by atoms with Crippen molar-refractivity contribution in [3.63, 3.8) is 0 Å². The second kappa shape index (κ2) is 5.18. The molecule has 1 heterocycles. The number of halogens is 1. The van der Waals surface area contributed by atoms with Crippen LogP contribution in [0.3, 0.4) is 0 Å². The van der Waals surface area contributed by atoms with Crippen LogP contribution >= 0.6 is 23.4 Å². The number of hydrogen-bond donors (Lipinski definition) is 1. The van der Waals surface area contributed by atoms with Gasteiger partial charge in [0.2, 0.25) is 0 Å². The van der Waals surface area contributed by atoms with Crippen LogP contribution in [0, 0.1) is 0 Å². The van der Waals surface area contributed by atoms with Gasteiger partial charge in [-0.15, -0.1) is 11.8 Å². The van der Waals surface area contributed by atoms with Gasteiger partial charge in [-0.2, -0.15) is 0 Å². The van der Waals surface area contributed by atoms with E-state index in [0.29, 0.717) is 10.7 Å². The fraction of sp³-hybridized carbons (Fsp3) is 0.0909. The van der Waals surface area contributed by atoms with E-state index in [2.05, 4.69) is 9.97 Å². The summed E-state index contributed by atoms with van der Waals surface area (Å²) in [5.74, 6) is 0.772. The third kappa shape index (κ3) is 2.87. The average Bonchev–Trinajstić information content (AvgIpc) is 2.32. The second-order valence-electron chi connectivity index (χ2n) is 3.17. The van der Waals surface area contributed by atoms with Crippen molar-refractivity contribution in [3.8, 4) is 0 Å². The fourth-order valence-corrected chi connectivity index (χ4v) is 2.23. The smallest absolute Gasteiger partial charge is 0.0689 e. The Morgan fingerprint density at radius 1 is 1.31 bits per heavy atom. The topological polar surface area (TPSA) is 51.8 Å². The van der Waals surface area contributed by atoms with Crippen LogP contribution in [0.4, 0.5) is 5.69 Å². The minimum absolute atomic E-state index is 0.587. The van der Waals surface area contributed by atoms with E-state index in [-0.39, 0.29) is 0 Å². The standard InChI is InChI=1S/C11H10ClN3S/c12-10-5-9(1-2-11(10)13)16-7-8-6-14-3-4-15-8/h1-6H,7,13H2. The lowest BCUT2D eigenvalue weighted by atomic mass is 10.3. The average molecular weight is 252 g/mol. The predicted molar refractivity (Wildman–Crippen MR) is 67.5 cm³/mol. The second-order valence-corrected chi connectivity index (χ2v) is 4.62. The number of nitrogens with two attached hydrogens (primary N) is 1. The monoisotopic (exact) mass is 251 g/mol. The van der Waals surface area contributed by atoms with E-state index in [1.807, 2.05) is 12.1 Å². The number of nitrogen functional groups attached to an aromatic ring is 1. The van der Waals surface area contributed by atoms with Gasteiger partial charge in [0.1, 0.15) is 0 Å². The van der Waals surface area contributed by atoms with Gasteiger partial charge in [-0.05, 0) is 18.2 Å². The van der Waals surface area contributed by atoms with E-state index < -0.39 is 0 Å². The van der Waals surface area contributed by atoms with E-state index in [1.54, 1.807) is 36.4 Å². The Balaban J connectivity index is 2.03. The summed E-state index contributed by atoms with van der Waals surface area (Å²) in [5.41, 5.74) is 7.18. The summed E-state index contributed by atoms with van der Waals surface area (Å²) in [6.07, 6.45) is 5.10. The molecule has 2 aromatic rings. The van der Waals surface area contributed by atoms with Crippen molar-refractivity contribution in [3.05, 3.63) is 47.5 Å². The molecule has 82 valence electrons. The third-order valence-corrected chi connectivity index (χ3v) is 3.33. The van der Waals surface area contributed by atoms with Gasteiger partial charge in [-0.3, -0.25) is 9.97 Å². The minimum atomic E-state index is 0.587. The maximum absolute atomic E-state index is 5.93. The number of anilines is 1. The first kappa shape index (κ1) is 11.2. The highest BCUT2D eigenvalue weighted by Crippen LogP contribution is 2.27. The van der Waals surface area contributed by atoms with Crippen LogP contribution < -0.4 is 5.73 Å². The first-order valence-corrected chi connectivity index (χ1v) is 6.05. The molecule has 0 atom stereocenters. The molecule has 5 heteroatoms. The minimum Gasteiger partial charge on any atom is -0.398 e. The van der Waals surface area contributed by atoms with Crippen molar-refractivity contribution in [2.24, 2.45) is 0 Å². The molecule has 0 fully saturated rings. The molecular formula is C11H10ClN3S. The van der Waals surface area contributed by atoms with Gasteiger partial charge in [0.25, 0.3) is 0 Å². The molecule has 0 aliphatic rings. The van der Waals surface area contributed by atoms with E-state index in [9.17, 15) is 0 Å². The Morgan fingerprint density at radius 3 is 2.88 bits per heavy atom. The molecule has 0 bridgehead atoms. The summed E-state index contributed by atoms with van der Waals surface area (Å²) >= 11 is 7.58. The van der Waals surface area contributed by atoms with E-state index in [1.165, 1.54) is 0 Å². The number of aromatic nitrogens is 2. The van der Waals surface area contributed by atoms with E-state index in [4.69, 9.17) is 17.3 Å². The molecule has 2 N–H and O–H groups in total. The fourth-order valence-electron chi connectivity index (χ4n) is 1.16. The maximum Gasteiger partial charge on any atom is 0.0689 e. The van der Waals surface area contributed by atoms with Gasteiger partial charge >= 0.3 is 0 Å². The molecular weight excluding hydrogens is 242 g/mol. The first-order chi connectivity index (χ1) is 7.75. The van der Waals surface area contributed by atoms with Crippen LogP contribution in [0.15, 0.2) is 41.7 Å². The summed E-state index contributed by atoms with van der Waals surface area (Å²) in [6, 6.07) is 5.61. The summed E-state index contributed by atoms with van der Waals surface area (Å²) in [4.78, 5) is 9.27. The summed E-state index contributed by atoms with van der Waals surface area (Å²) in [7, 11) is 0. The van der Waals surface area contributed by atoms with Crippen molar-refractivity contribution in [2.75, 3.05) is 5.73 Å². The van der Waals surface area contributed by atoms with Crippen LogP contribution in [0.5, 0.6) is 0 Å². The number of rotatable bonds is 3. The summed E-state index contributed by atoms with van der Waals surface area (Å²) in [5, 5.41) is 0.587. The van der Waals surface area contributed by atoms with Gasteiger partial charge < -0.3 is 5.73 Å². The zero-order chi connectivity index (χ0) is 11.4. The number of thioether (sulfide) groups is 1. The van der Waals surface area contributed by atoms with Gasteiger partial charge in [-0.25, -0.2) is 0 Å². The molecule has 0 saturated carbocycles. The SMILES string of the molecule is Nc1ccc(SCc2cnccn2)cc1Cl.